The molecule has 1 atom stereocenters. The molecular weight excluding hydrogens is 390 g/mol. The van der Waals surface area contributed by atoms with E-state index < -0.39 is 16.8 Å². The molecule has 123 valence electrons. The van der Waals surface area contributed by atoms with Gasteiger partial charge < -0.3 is 0 Å². The molecule has 0 aliphatic heterocycles. The van der Waals surface area contributed by atoms with Gasteiger partial charge in [0.25, 0.3) is 0 Å². The fourth-order valence-electron chi connectivity index (χ4n) is 2.43. The third kappa shape index (κ3) is 3.81. The smallest absolute Gasteiger partial charge is 0.153 e. The Kier molecular flexibility index (Phi) is 6.32. The Bertz CT molecular complexity index is 687. The van der Waals surface area contributed by atoms with E-state index in [2.05, 4.69) is 93.6 Å². The number of benzene rings is 3. The maximum absolute atomic E-state index is 2.31. The zero-order valence-corrected chi connectivity index (χ0v) is 16.9. The second-order valence-corrected chi connectivity index (χ2v) is 9.06. The third-order valence-corrected chi connectivity index (χ3v) is 8.77. The summed E-state index contributed by atoms with van der Waals surface area (Å²) >= 11 is -1.15. The van der Waals surface area contributed by atoms with Crippen LogP contribution in [-0.4, -0.2) is 0 Å². The Morgan fingerprint density at radius 1 is 0.478 bits per heavy atom. The zero-order valence-electron chi connectivity index (χ0n) is 14.0. The SMILES string of the molecule is Cc1cccc[c]1[Pd]([c]1ccccc1C)[c]1ccccc1C.P. The van der Waals surface area contributed by atoms with Gasteiger partial charge in [-0.2, -0.15) is 9.90 Å². The minimum Gasteiger partial charge on any atom is -0.153 e. The summed E-state index contributed by atoms with van der Waals surface area (Å²) in [6.45, 7) is 6.71. The van der Waals surface area contributed by atoms with Crippen molar-refractivity contribution in [1.29, 1.82) is 0 Å². The molecule has 0 bridgehead atoms. The summed E-state index contributed by atoms with van der Waals surface area (Å²) in [4.78, 5) is 0. The average molecular weight is 414 g/mol. The van der Waals surface area contributed by atoms with Crippen molar-refractivity contribution in [2.24, 2.45) is 0 Å². The van der Waals surface area contributed by atoms with Gasteiger partial charge in [0.05, 0.1) is 0 Å². The van der Waals surface area contributed by atoms with Crippen molar-refractivity contribution in [3.05, 3.63) is 89.5 Å². The molecule has 2 heteroatoms. The van der Waals surface area contributed by atoms with Crippen LogP contribution in [0.5, 0.6) is 0 Å². The van der Waals surface area contributed by atoms with E-state index in [9.17, 15) is 0 Å². The molecule has 0 saturated carbocycles. The van der Waals surface area contributed by atoms with Gasteiger partial charge >= 0.3 is 139 Å². The molecule has 0 heterocycles. The van der Waals surface area contributed by atoms with Gasteiger partial charge in [-0.15, -0.1) is 0 Å². The van der Waals surface area contributed by atoms with Crippen LogP contribution in [0.25, 0.3) is 0 Å². The van der Waals surface area contributed by atoms with Crippen LogP contribution in [0, 0.1) is 20.8 Å². The molecule has 0 nitrogen and oxygen atoms in total. The van der Waals surface area contributed by atoms with Crippen molar-refractivity contribution in [2.45, 2.75) is 20.8 Å². The Labute approximate surface area is 148 Å². The summed E-state index contributed by atoms with van der Waals surface area (Å²) in [5, 5.41) is 0. The van der Waals surface area contributed by atoms with Crippen molar-refractivity contribution in [3.8, 4) is 0 Å². The molecule has 0 radical (unpaired) electrons. The van der Waals surface area contributed by atoms with E-state index in [0.29, 0.717) is 0 Å². The van der Waals surface area contributed by atoms with Crippen molar-refractivity contribution in [1.82, 2.24) is 0 Å². The minimum atomic E-state index is -1.15. The molecule has 3 aromatic carbocycles. The summed E-state index contributed by atoms with van der Waals surface area (Å²) in [6.07, 6.45) is 0. The summed E-state index contributed by atoms with van der Waals surface area (Å²) in [5.41, 5.74) is 4.19. The van der Waals surface area contributed by atoms with Crippen molar-refractivity contribution in [2.75, 3.05) is 0 Å². The van der Waals surface area contributed by atoms with Gasteiger partial charge in [0.1, 0.15) is 0 Å². The molecule has 0 N–H and O–H groups in total. The summed E-state index contributed by atoms with van der Waals surface area (Å²) < 4.78 is 4.53. The first-order chi connectivity index (χ1) is 10.7. The molecule has 0 aliphatic carbocycles. The standard InChI is InChI=1S/3C7H7.H3P.Pd/c3*1-7-5-3-2-4-6-7;;/h3*2-5H,1H3;1H3;. The summed E-state index contributed by atoms with van der Waals surface area (Å²) in [7, 11) is 0. The van der Waals surface area contributed by atoms with E-state index in [1.807, 2.05) is 0 Å². The van der Waals surface area contributed by atoms with Crippen LogP contribution in [0.1, 0.15) is 16.7 Å². The van der Waals surface area contributed by atoms with E-state index in [1.54, 1.807) is 0 Å². The minimum absolute atomic E-state index is 0. The van der Waals surface area contributed by atoms with Crippen LogP contribution < -0.4 is 12.1 Å². The van der Waals surface area contributed by atoms with Gasteiger partial charge in [-0.1, -0.05) is 0 Å². The summed E-state index contributed by atoms with van der Waals surface area (Å²) in [6, 6.07) is 26.6. The fraction of sp³-hybridized carbons (Fsp3) is 0.143. The molecule has 0 spiro atoms. The van der Waals surface area contributed by atoms with Crippen LogP contribution in [0.15, 0.2) is 72.8 Å². The van der Waals surface area contributed by atoms with E-state index in [4.69, 9.17) is 0 Å². The molecule has 3 rings (SSSR count). The predicted octanol–water partition coefficient (Wildman–Crippen LogP) is 3.56. The zero-order chi connectivity index (χ0) is 15.5. The van der Waals surface area contributed by atoms with Crippen LogP contribution in [0.3, 0.4) is 0 Å². The van der Waals surface area contributed by atoms with Gasteiger partial charge in [-0.05, 0) is 0 Å². The van der Waals surface area contributed by atoms with E-state index in [0.717, 1.165) is 0 Å². The number of hydrogen-bond acceptors (Lipinski definition) is 0. The van der Waals surface area contributed by atoms with Crippen LogP contribution in [0.2, 0.25) is 0 Å². The van der Waals surface area contributed by atoms with Gasteiger partial charge in [-0.25, -0.2) is 0 Å². The molecule has 0 saturated heterocycles. The quantitative estimate of drug-likeness (QED) is 0.455. The number of rotatable bonds is 3. The van der Waals surface area contributed by atoms with Gasteiger partial charge in [0.2, 0.25) is 0 Å². The van der Waals surface area contributed by atoms with Crippen LogP contribution >= 0.6 is 9.90 Å². The Balaban J connectivity index is 0.00000192. The second-order valence-electron chi connectivity index (χ2n) is 5.38. The van der Waals surface area contributed by atoms with Crippen molar-refractivity contribution in [3.63, 3.8) is 0 Å². The average Bonchev–Trinajstić information content (AvgIpc) is 2.53. The van der Waals surface area contributed by atoms with Crippen molar-refractivity contribution < 1.29 is 16.8 Å². The first-order valence-corrected chi connectivity index (χ1v) is 9.79. The Hall–Kier alpha value is -1.25. The molecule has 0 amide bonds. The third-order valence-electron chi connectivity index (χ3n) is 3.64. The number of aryl methyl sites for hydroxylation is 3. The number of hydrogen-bond donors (Lipinski definition) is 0. The van der Waals surface area contributed by atoms with Gasteiger partial charge in [0, 0.05) is 0 Å². The fourth-order valence-corrected chi connectivity index (χ4v) is 7.23. The maximum Gasteiger partial charge on any atom is -0.153 e. The molecule has 3 aromatic rings. The monoisotopic (exact) mass is 413 g/mol. The summed E-state index contributed by atoms with van der Waals surface area (Å²) in [5.74, 6) is 0. The van der Waals surface area contributed by atoms with Crippen LogP contribution in [-0.2, 0) is 16.8 Å². The van der Waals surface area contributed by atoms with Crippen molar-refractivity contribution >= 4 is 22.0 Å². The second kappa shape index (κ2) is 8.03. The molecule has 0 fully saturated rings. The first-order valence-electron chi connectivity index (χ1n) is 7.46. The van der Waals surface area contributed by atoms with Gasteiger partial charge in [0.15, 0.2) is 0 Å². The van der Waals surface area contributed by atoms with E-state index in [1.165, 1.54) is 28.8 Å². The molecule has 1 unspecified atom stereocenters. The maximum atomic E-state index is 2.31. The Morgan fingerprint density at radius 2 is 0.739 bits per heavy atom. The molecule has 0 aromatic heterocycles. The van der Waals surface area contributed by atoms with E-state index >= 15 is 0 Å². The van der Waals surface area contributed by atoms with Gasteiger partial charge in [-0.3, -0.25) is 0 Å². The predicted molar refractivity (Wildman–Crippen MR) is 104 cm³/mol. The molecule has 0 aliphatic rings. The largest absolute Gasteiger partial charge is 0.153 e. The molecular formula is C21H24PPd. The molecule has 23 heavy (non-hydrogen) atoms. The van der Waals surface area contributed by atoms with Crippen LogP contribution in [0.4, 0.5) is 0 Å². The van der Waals surface area contributed by atoms with E-state index in [-0.39, 0.29) is 9.90 Å². The first kappa shape index (κ1) is 18.1. The normalized spacial score (nSPS) is 10.8. The Morgan fingerprint density at radius 3 is 1.00 bits per heavy atom. The topological polar surface area (TPSA) is 0 Å².